The summed E-state index contributed by atoms with van der Waals surface area (Å²) in [6.07, 6.45) is 0. The molecule has 0 unspecified atom stereocenters. The molecule has 0 heterocycles. The molecule has 14 nitrogen and oxygen atoms in total. The Morgan fingerprint density at radius 3 is 1.31 bits per heavy atom. The van der Waals surface area contributed by atoms with E-state index in [-0.39, 0.29) is 69.5 Å². The van der Waals surface area contributed by atoms with E-state index in [0.29, 0.717) is 4.47 Å². The zero-order valence-corrected chi connectivity index (χ0v) is 36.6. The smallest absolute Gasteiger partial charge is 0.339 e. The summed E-state index contributed by atoms with van der Waals surface area (Å²) < 4.78 is 39.9. The van der Waals surface area contributed by atoms with Gasteiger partial charge in [-0.1, -0.05) is 0 Å². The summed E-state index contributed by atoms with van der Waals surface area (Å²) in [6, 6.07) is 3.03. The highest BCUT2D eigenvalue weighted by Crippen LogP contribution is 2.36. The van der Waals surface area contributed by atoms with Crippen LogP contribution in [0, 0.1) is 0 Å². The minimum Gasteiger partial charge on any atom is -0.489 e. The normalized spacial score (nSPS) is 12.5. The van der Waals surface area contributed by atoms with Crippen molar-refractivity contribution in [3.8, 4) is 5.75 Å². The van der Waals surface area contributed by atoms with Crippen LogP contribution in [0.15, 0.2) is 16.6 Å². The second kappa shape index (κ2) is 19.9. The van der Waals surface area contributed by atoms with Crippen LogP contribution in [0.4, 0.5) is 5.69 Å². The van der Waals surface area contributed by atoms with Gasteiger partial charge in [0.15, 0.2) is 0 Å². The number of carbonyl (C=O) groups is 5. The molecule has 1 aromatic rings. The lowest BCUT2D eigenvalue weighted by Crippen LogP contribution is -2.41. The van der Waals surface area contributed by atoms with Crippen molar-refractivity contribution in [3.63, 3.8) is 0 Å². The Labute approximate surface area is 329 Å². The molecule has 1 aromatic carbocycles. The number of carbonyl (C=O) groups excluding carboxylic acids is 5. The molecule has 308 valence electrons. The van der Waals surface area contributed by atoms with Crippen LogP contribution in [0.2, 0.25) is 0 Å². The summed E-state index contributed by atoms with van der Waals surface area (Å²) in [4.78, 5) is 67.6. The van der Waals surface area contributed by atoms with Crippen LogP contribution in [0.1, 0.15) is 114 Å². The molecule has 15 heteroatoms. The van der Waals surface area contributed by atoms with Crippen LogP contribution in [0.5, 0.6) is 5.75 Å². The topological polar surface area (TPSA) is 156 Å². The summed E-state index contributed by atoms with van der Waals surface area (Å²) in [5.41, 5.74) is -3.43. The molecular weight excluding hydrogens is 768 g/mol. The van der Waals surface area contributed by atoms with Gasteiger partial charge in [-0.25, -0.2) is 4.79 Å². The molecule has 0 bridgehead atoms. The Hall–Kier alpha value is -3.43. The van der Waals surface area contributed by atoms with Gasteiger partial charge in [0.25, 0.3) is 0 Å². The number of rotatable bonds is 17. The third-order valence-corrected chi connectivity index (χ3v) is 6.73. The highest BCUT2D eigenvalue weighted by atomic mass is 79.9. The number of ether oxygens (including phenoxy) is 7. The van der Waals surface area contributed by atoms with E-state index in [9.17, 15) is 24.0 Å². The van der Waals surface area contributed by atoms with Crippen molar-refractivity contribution in [1.29, 1.82) is 0 Å². The second-order valence-electron chi connectivity index (χ2n) is 17.7. The fourth-order valence-electron chi connectivity index (χ4n) is 4.51. The molecule has 0 aromatic heterocycles. The van der Waals surface area contributed by atoms with Crippen LogP contribution in [-0.2, 0) is 47.6 Å². The predicted molar refractivity (Wildman–Crippen MR) is 208 cm³/mol. The van der Waals surface area contributed by atoms with Crippen molar-refractivity contribution < 1.29 is 57.1 Å². The monoisotopic (exact) mass is 830 g/mol. The van der Waals surface area contributed by atoms with Gasteiger partial charge in [-0.2, -0.15) is 0 Å². The van der Waals surface area contributed by atoms with Crippen molar-refractivity contribution in [2.24, 2.45) is 0 Å². The van der Waals surface area contributed by atoms with Crippen molar-refractivity contribution in [1.82, 2.24) is 4.90 Å². The van der Waals surface area contributed by atoms with Gasteiger partial charge in [0.2, 0.25) is 0 Å². The molecule has 0 aliphatic carbocycles. The SMILES string of the molecule is CC(C)(C)OC(=O)CN(CCOCCOc1cc(Br)c(C(=O)OC(C)(C)C)cc1N(CC(=O)OC(C)(C)C)CC(=O)OC(C)(C)C)CC(=O)OC(C)(C)C. The van der Waals surface area contributed by atoms with Crippen LogP contribution in [-0.4, -0.2) is 115 Å². The first kappa shape index (κ1) is 48.6. The maximum absolute atomic E-state index is 13.3. The van der Waals surface area contributed by atoms with Crippen molar-refractivity contribution >= 4 is 51.5 Å². The fraction of sp³-hybridized carbons (Fsp3) is 0.718. The Kier molecular flexibility index (Phi) is 17.9. The first-order valence-electron chi connectivity index (χ1n) is 17.9. The maximum Gasteiger partial charge on any atom is 0.339 e. The Morgan fingerprint density at radius 1 is 0.537 bits per heavy atom. The molecule has 0 amide bonds. The van der Waals surface area contributed by atoms with Crippen LogP contribution >= 0.6 is 15.9 Å². The molecule has 0 atom stereocenters. The number of nitrogens with zero attached hydrogens (tertiary/aromatic N) is 2. The average molecular weight is 832 g/mol. The molecule has 0 spiro atoms. The molecule has 0 saturated carbocycles. The van der Waals surface area contributed by atoms with Gasteiger partial charge in [0.05, 0.1) is 37.6 Å². The number of benzene rings is 1. The van der Waals surface area contributed by atoms with Gasteiger partial charge in [0, 0.05) is 11.0 Å². The Bertz CT molecular complexity index is 1380. The van der Waals surface area contributed by atoms with E-state index in [1.807, 2.05) is 0 Å². The lowest BCUT2D eigenvalue weighted by atomic mass is 10.1. The van der Waals surface area contributed by atoms with Gasteiger partial charge in [-0.3, -0.25) is 24.1 Å². The van der Waals surface area contributed by atoms with E-state index in [1.54, 1.807) is 115 Å². The number of anilines is 1. The van der Waals surface area contributed by atoms with E-state index >= 15 is 0 Å². The molecule has 0 radical (unpaired) electrons. The van der Waals surface area contributed by atoms with Gasteiger partial charge in [-0.15, -0.1) is 0 Å². The van der Waals surface area contributed by atoms with Crippen LogP contribution < -0.4 is 9.64 Å². The third kappa shape index (κ3) is 22.1. The second-order valence-corrected chi connectivity index (χ2v) is 18.5. The fourth-order valence-corrected chi connectivity index (χ4v) is 5.00. The standard InChI is InChI=1S/C39H63BrN2O12/c1-35(2,3)50-30(43)22-41(23-31(44)51-36(4,5)6)16-17-48-18-19-49-29-21-27(40)26(34(47)54-39(13,14)15)20-28(29)42(24-32(45)52-37(7,8)9)25-33(46)53-38(10,11)12/h20-21H,16-19,22-25H2,1-15H3. The maximum atomic E-state index is 13.3. The van der Waals surface area contributed by atoms with Gasteiger partial charge >= 0.3 is 29.8 Å². The molecule has 0 N–H and O–H groups in total. The van der Waals surface area contributed by atoms with E-state index in [2.05, 4.69) is 15.9 Å². The van der Waals surface area contributed by atoms with E-state index < -0.39 is 57.9 Å². The van der Waals surface area contributed by atoms with Gasteiger partial charge in [-0.05, 0) is 132 Å². The van der Waals surface area contributed by atoms with Crippen molar-refractivity contribution in [3.05, 3.63) is 22.2 Å². The number of hydrogen-bond donors (Lipinski definition) is 0. The largest absolute Gasteiger partial charge is 0.489 e. The number of esters is 5. The molecule has 1 rings (SSSR count). The minimum absolute atomic E-state index is 0.00999. The van der Waals surface area contributed by atoms with E-state index in [4.69, 9.17) is 33.2 Å². The van der Waals surface area contributed by atoms with Crippen molar-refractivity contribution in [2.45, 2.75) is 132 Å². The van der Waals surface area contributed by atoms with E-state index in [1.165, 1.54) is 11.0 Å². The molecular formula is C39H63BrN2O12. The Morgan fingerprint density at radius 2 is 0.926 bits per heavy atom. The first-order chi connectivity index (χ1) is 24.3. The van der Waals surface area contributed by atoms with Gasteiger partial charge < -0.3 is 38.1 Å². The molecule has 0 aliphatic heterocycles. The summed E-state index contributed by atoms with van der Waals surface area (Å²) >= 11 is 3.45. The average Bonchev–Trinajstić information content (AvgIpc) is 2.89. The number of halogens is 1. The summed E-state index contributed by atoms with van der Waals surface area (Å²) in [5.74, 6) is -2.65. The molecule has 54 heavy (non-hydrogen) atoms. The summed E-state index contributed by atoms with van der Waals surface area (Å²) in [6.45, 7) is 25.5. The number of hydrogen-bond acceptors (Lipinski definition) is 14. The lowest BCUT2D eigenvalue weighted by molar-refractivity contribution is -0.160. The predicted octanol–water partition coefficient (Wildman–Crippen LogP) is 6.28. The lowest BCUT2D eigenvalue weighted by Gasteiger charge is -2.29. The summed E-state index contributed by atoms with van der Waals surface area (Å²) in [7, 11) is 0. The van der Waals surface area contributed by atoms with Crippen molar-refractivity contribution in [2.75, 3.05) is 57.4 Å². The van der Waals surface area contributed by atoms with Crippen LogP contribution in [0.3, 0.4) is 0 Å². The third-order valence-electron chi connectivity index (χ3n) is 6.07. The van der Waals surface area contributed by atoms with E-state index in [0.717, 1.165) is 0 Å². The Balaban J connectivity index is 3.32. The quantitative estimate of drug-likeness (QED) is 0.0983. The zero-order valence-electron chi connectivity index (χ0n) is 35.0. The van der Waals surface area contributed by atoms with Crippen LogP contribution in [0.25, 0.3) is 0 Å². The highest BCUT2D eigenvalue weighted by Gasteiger charge is 2.29. The highest BCUT2D eigenvalue weighted by molar-refractivity contribution is 9.10. The minimum atomic E-state index is -0.803. The first-order valence-corrected chi connectivity index (χ1v) is 18.7. The molecule has 0 saturated heterocycles. The zero-order chi connectivity index (χ0) is 41.9. The molecule has 0 fully saturated rings. The molecule has 0 aliphatic rings. The summed E-state index contributed by atoms with van der Waals surface area (Å²) in [5, 5.41) is 0. The van der Waals surface area contributed by atoms with Gasteiger partial charge in [0.1, 0.15) is 53.5 Å².